The van der Waals surface area contributed by atoms with Crippen molar-refractivity contribution >= 4 is 27.7 Å². The van der Waals surface area contributed by atoms with Crippen LogP contribution in [0.5, 0.6) is 16.7 Å². The molecule has 2 aromatic carbocycles. The van der Waals surface area contributed by atoms with Gasteiger partial charge in [-0.3, -0.25) is 4.90 Å². The molecular formula is C28H35N3O5S. The van der Waals surface area contributed by atoms with Crippen molar-refractivity contribution in [1.82, 2.24) is 14.8 Å². The second-order valence-electron chi connectivity index (χ2n) is 9.48. The molecule has 5 rings (SSSR count). The monoisotopic (exact) mass is 525 g/mol. The van der Waals surface area contributed by atoms with Gasteiger partial charge in [-0.25, -0.2) is 9.78 Å². The van der Waals surface area contributed by atoms with Crippen molar-refractivity contribution < 1.29 is 23.7 Å². The van der Waals surface area contributed by atoms with Crippen LogP contribution in [-0.2, 0) is 9.47 Å². The first-order valence-electron chi connectivity index (χ1n) is 13.2. The number of ether oxygens (including phenoxy) is 4. The lowest BCUT2D eigenvalue weighted by molar-refractivity contribution is -0.00981. The number of hydrogen-bond donors (Lipinski definition) is 0. The van der Waals surface area contributed by atoms with Crippen molar-refractivity contribution in [2.45, 2.75) is 44.8 Å². The highest BCUT2D eigenvalue weighted by Crippen LogP contribution is 2.31. The number of aromatic nitrogens is 1. The van der Waals surface area contributed by atoms with E-state index in [1.807, 2.05) is 48.5 Å². The number of para-hydroxylation sites is 1. The van der Waals surface area contributed by atoms with Crippen molar-refractivity contribution in [2.24, 2.45) is 0 Å². The summed E-state index contributed by atoms with van der Waals surface area (Å²) in [4.78, 5) is 21.1. The number of carbonyl (C=O) groups is 1. The van der Waals surface area contributed by atoms with Gasteiger partial charge in [-0.1, -0.05) is 23.5 Å². The molecule has 0 saturated carbocycles. The molecule has 2 saturated heterocycles. The molecule has 0 amide bonds. The lowest BCUT2D eigenvalue weighted by Gasteiger charge is -2.41. The van der Waals surface area contributed by atoms with Gasteiger partial charge in [-0.05, 0) is 82.1 Å². The molecule has 3 aromatic rings. The number of rotatable bonds is 9. The van der Waals surface area contributed by atoms with Crippen LogP contribution in [0, 0.1) is 0 Å². The number of likely N-dealkylation sites (tertiary alicyclic amines) is 2. The molecule has 0 aliphatic carbocycles. The van der Waals surface area contributed by atoms with Gasteiger partial charge in [0.15, 0.2) is 0 Å². The summed E-state index contributed by atoms with van der Waals surface area (Å²) in [6, 6.07) is 16.4. The average Bonchev–Trinajstić information content (AvgIpc) is 3.33. The molecule has 2 fully saturated rings. The van der Waals surface area contributed by atoms with E-state index < -0.39 is 6.16 Å². The summed E-state index contributed by atoms with van der Waals surface area (Å²) < 4.78 is 23.3. The Hall–Kier alpha value is -2.88. The minimum absolute atomic E-state index is 0.0133. The number of hydrogen-bond acceptors (Lipinski definition) is 9. The Morgan fingerprint density at radius 3 is 2.43 bits per heavy atom. The Kier molecular flexibility index (Phi) is 8.76. The summed E-state index contributed by atoms with van der Waals surface area (Å²) in [6.07, 6.45) is 3.56. The molecule has 9 heteroatoms. The van der Waals surface area contributed by atoms with Crippen molar-refractivity contribution in [3.8, 4) is 16.7 Å². The van der Waals surface area contributed by atoms with Gasteiger partial charge in [0.2, 0.25) is 0 Å². The first kappa shape index (κ1) is 25.8. The topological polar surface area (TPSA) is 73.4 Å². The summed E-state index contributed by atoms with van der Waals surface area (Å²) in [6.45, 7) is 7.87. The van der Waals surface area contributed by atoms with Crippen LogP contribution in [0.4, 0.5) is 4.79 Å². The Balaban J connectivity index is 0.982. The molecule has 0 N–H and O–H groups in total. The molecule has 8 nitrogen and oxygen atoms in total. The molecule has 0 atom stereocenters. The molecule has 3 heterocycles. The molecule has 0 bridgehead atoms. The summed E-state index contributed by atoms with van der Waals surface area (Å²) in [5.74, 6) is 1.60. The van der Waals surface area contributed by atoms with E-state index in [1.54, 1.807) is 18.3 Å². The first-order valence-corrected chi connectivity index (χ1v) is 14.0. The maximum Gasteiger partial charge on any atom is 0.508 e. The Morgan fingerprint density at radius 2 is 1.70 bits per heavy atom. The van der Waals surface area contributed by atoms with Gasteiger partial charge in [0, 0.05) is 25.7 Å². The lowest BCUT2D eigenvalue weighted by atomic mass is 9.99. The highest BCUT2D eigenvalue weighted by atomic mass is 32.1. The van der Waals surface area contributed by atoms with E-state index in [9.17, 15) is 4.79 Å². The van der Waals surface area contributed by atoms with Gasteiger partial charge in [0.05, 0.1) is 16.8 Å². The van der Waals surface area contributed by atoms with Crippen molar-refractivity contribution in [2.75, 3.05) is 45.9 Å². The molecule has 37 heavy (non-hydrogen) atoms. The molecule has 0 spiro atoms. The third-order valence-electron chi connectivity index (χ3n) is 7.05. The van der Waals surface area contributed by atoms with Crippen molar-refractivity contribution in [3.63, 3.8) is 0 Å². The van der Waals surface area contributed by atoms with Gasteiger partial charge in [0.1, 0.15) is 24.2 Å². The minimum atomic E-state index is -0.537. The van der Waals surface area contributed by atoms with Gasteiger partial charge in [0.25, 0.3) is 5.19 Å². The SMILES string of the molecule is CCOC(=O)OC1CCN(C2CCN(CCOc3ccc(Oc4nc5ccccc5s4)cc3)CC2)CC1. The van der Waals surface area contributed by atoms with E-state index in [4.69, 9.17) is 18.9 Å². The predicted octanol–water partition coefficient (Wildman–Crippen LogP) is 5.57. The molecule has 198 valence electrons. The van der Waals surface area contributed by atoms with Crippen molar-refractivity contribution in [3.05, 3.63) is 48.5 Å². The van der Waals surface area contributed by atoms with Crippen LogP contribution in [0.2, 0.25) is 0 Å². The van der Waals surface area contributed by atoms with Gasteiger partial charge in [-0.2, -0.15) is 0 Å². The normalized spacial score (nSPS) is 18.1. The zero-order valence-electron chi connectivity index (χ0n) is 21.3. The highest BCUT2D eigenvalue weighted by Gasteiger charge is 2.29. The van der Waals surface area contributed by atoms with Gasteiger partial charge < -0.3 is 23.8 Å². The first-order chi connectivity index (χ1) is 18.2. The van der Waals surface area contributed by atoms with Crippen LogP contribution in [-0.4, -0.2) is 79.0 Å². The zero-order chi connectivity index (χ0) is 25.5. The summed E-state index contributed by atoms with van der Waals surface area (Å²) in [5.41, 5.74) is 0.955. The fraction of sp³-hybridized carbons (Fsp3) is 0.500. The molecule has 0 unspecified atom stereocenters. The van der Waals surface area contributed by atoms with Gasteiger partial charge in [-0.15, -0.1) is 0 Å². The van der Waals surface area contributed by atoms with Crippen LogP contribution in [0.25, 0.3) is 10.2 Å². The molecular weight excluding hydrogens is 490 g/mol. The summed E-state index contributed by atoms with van der Waals surface area (Å²) >= 11 is 1.54. The van der Waals surface area contributed by atoms with Crippen LogP contribution >= 0.6 is 11.3 Å². The molecule has 1 aromatic heterocycles. The number of benzene rings is 2. The fourth-order valence-corrected chi connectivity index (χ4v) is 5.88. The van der Waals surface area contributed by atoms with E-state index in [1.165, 1.54) is 12.8 Å². The van der Waals surface area contributed by atoms with Crippen LogP contribution in [0.15, 0.2) is 48.5 Å². The third-order valence-corrected chi connectivity index (χ3v) is 7.97. The van der Waals surface area contributed by atoms with Crippen LogP contribution in [0.3, 0.4) is 0 Å². The number of piperidine rings is 2. The third kappa shape index (κ3) is 7.12. The highest BCUT2D eigenvalue weighted by molar-refractivity contribution is 7.20. The quantitative estimate of drug-likeness (QED) is 0.336. The van der Waals surface area contributed by atoms with E-state index in [0.29, 0.717) is 24.4 Å². The van der Waals surface area contributed by atoms with E-state index in [-0.39, 0.29) is 6.10 Å². The van der Waals surface area contributed by atoms with E-state index in [2.05, 4.69) is 14.8 Å². The molecule has 2 aliphatic rings. The standard InChI is InChI=1S/C28H35N3O5S/c1-2-33-28(32)36-24-13-17-31(18-14-24)21-11-15-30(16-12-21)19-20-34-22-7-9-23(10-8-22)35-27-29-25-5-3-4-6-26(25)37-27/h3-10,21,24H,2,11-20H2,1H3. The van der Waals surface area contributed by atoms with E-state index >= 15 is 0 Å². The zero-order valence-corrected chi connectivity index (χ0v) is 22.2. The van der Waals surface area contributed by atoms with E-state index in [0.717, 1.165) is 67.3 Å². The molecule has 0 radical (unpaired) electrons. The largest absolute Gasteiger partial charge is 0.508 e. The summed E-state index contributed by atoms with van der Waals surface area (Å²) in [7, 11) is 0. The second kappa shape index (κ2) is 12.6. The number of nitrogens with zero attached hydrogens (tertiary/aromatic N) is 3. The minimum Gasteiger partial charge on any atom is -0.492 e. The van der Waals surface area contributed by atoms with Gasteiger partial charge >= 0.3 is 6.16 Å². The second-order valence-corrected chi connectivity index (χ2v) is 10.5. The fourth-order valence-electron chi connectivity index (χ4n) is 5.05. The average molecular weight is 526 g/mol. The van der Waals surface area contributed by atoms with Crippen LogP contribution < -0.4 is 9.47 Å². The van der Waals surface area contributed by atoms with Crippen molar-refractivity contribution in [1.29, 1.82) is 0 Å². The number of carbonyl (C=O) groups excluding carboxylic acids is 1. The Bertz CT molecular complexity index is 1110. The summed E-state index contributed by atoms with van der Waals surface area (Å²) in [5, 5.41) is 0.646. The number of thiazole rings is 1. The number of fused-ring (bicyclic) bond motifs is 1. The Morgan fingerprint density at radius 1 is 0.973 bits per heavy atom. The maximum absolute atomic E-state index is 11.5. The molecule has 2 aliphatic heterocycles. The Labute approximate surface area is 222 Å². The van der Waals surface area contributed by atoms with Crippen LogP contribution in [0.1, 0.15) is 32.6 Å². The lowest BCUT2D eigenvalue weighted by Crippen LogP contribution is -2.49. The maximum atomic E-state index is 11.5. The predicted molar refractivity (Wildman–Crippen MR) is 144 cm³/mol. The smallest absolute Gasteiger partial charge is 0.492 e.